The molecule has 1 heterocycles. The Balaban J connectivity index is 2.43. The quantitative estimate of drug-likeness (QED) is 0.0370. The Labute approximate surface area is 290 Å². The van der Waals surface area contributed by atoms with Gasteiger partial charge in [-0.05, 0) is 57.8 Å². The van der Waals surface area contributed by atoms with Crippen LogP contribution >= 0.6 is 0 Å². The van der Waals surface area contributed by atoms with Gasteiger partial charge in [0, 0.05) is 12.8 Å². The zero-order chi connectivity index (χ0) is 35.2. The van der Waals surface area contributed by atoms with E-state index in [0.29, 0.717) is 12.8 Å². The summed E-state index contributed by atoms with van der Waals surface area (Å²) in [5.41, 5.74) is 0. The molecule has 0 aliphatic carbocycles. The molecule has 1 saturated heterocycles. The second-order valence-corrected chi connectivity index (χ2v) is 13.0. The molecule has 1 aliphatic heterocycles. The molecule has 0 aromatic rings. The van der Waals surface area contributed by atoms with Crippen molar-refractivity contribution in [2.45, 2.75) is 185 Å². The number of carbonyl (C=O) groups excluding carboxylic acids is 2. The Kier molecular flexibility index (Phi) is 27.7. The fourth-order valence-corrected chi connectivity index (χ4v) is 5.46. The zero-order valence-electron chi connectivity index (χ0n) is 30.0. The summed E-state index contributed by atoms with van der Waals surface area (Å²) >= 11 is 0. The molecule has 6 atom stereocenters. The third-order valence-corrected chi connectivity index (χ3v) is 8.56. The maximum atomic E-state index is 12.7. The SMILES string of the molecule is CCCC/C=C/CCCCCCCC(=O)OC[C@H](CO[C@@H]1O[C@H](CO)[C@H](O)C(O)C1O)OC(=O)CCCCCCC/C=C/CCCCC. The predicted octanol–water partition coefficient (Wildman–Crippen LogP) is 6.60. The third kappa shape index (κ3) is 22.0. The number of hydrogen-bond acceptors (Lipinski definition) is 10. The van der Waals surface area contributed by atoms with E-state index in [9.17, 15) is 30.0 Å². The molecule has 1 aliphatic rings. The van der Waals surface area contributed by atoms with Gasteiger partial charge in [0.1, 0.15) is 31.0 Å². The smallest absolute Gasteiger partial charge is 0.306 e. The number of allylic oxidation sites excluding steroid dienone is 4. The van der Waals surface area contributed by atoms with E-state index in [4.69, 9.17) is 18.9 Å². The van der Waals surface area contributed by atoms with Crippen LogP contribution in [0.15, 0.2) is 24.3 Å². The molecule has 0 aromatic carbocycles. The van der Waals surface area contributed by atoms with Gasteiger partial charge in [0.2, 0.25) is 0 Å². The lowest BCUT2D eigenvalue weighted by Crippen LogP contribution is -2.59. The molecular formula is C38H68O10. The molecule has 48 heavy (non-hydrogen) atoms. The van der Waals surface area contributed by atoms with Crippen LogP contribution in [0.2, 0.25) is 0 Å². The van der Waals surface area contributed by atoms with E-state index in [0.717, 1.165) is 77.0 Å². The van der Waals surface area contributed by atoms with E-state index in [2.05, 4.69) is 38.2 Å². The summed E-state index contributed by atoms with van der Waals surface area (Å²) in [6, 6.07) is 0. The van der Waals surface area contributed by atoms with Gasteiger partial charge in [0.25, 0.3) is 0 Å². The highest BCUT2D eigenvalue weighted by Gasteiger charge is 2.44. The first kappa shape index (κ1) is 44.2. The summed E-state index contributed by atoms with van der Waals surface area (Å²) in [4.78, 5) is 25.1. The van der Waals surface area contributed by atoms with Crippen molar-refractivity contribution in [3.05, 3.63) is 24.3 Å². The Morgan fingerprint density at radius 2 is 1.12 bits per heavy atom. The van der Waals surface area contributed by atoms with Crippen molar-refractivity contribution < 1.29 is 49.0 Å². The average molecular weight is 685 g/mol. The van der Waals surface area contributed by atoms with Crippen LogP contribution in [0.4, 0.5) is 0 Å². The number of esters is 2. The topological polar surface area (TPSA) is 152 Å². The van der Waals surface area contributed by atoms with Crippen LogP contribution in [0, 0.1) is 0 Å². The molecule has 10 heteroatoms. The van der Waals surface area contributed by atoms with Gasteiger partial charge in [-0.15, -0.1) is 0 Å². The number of unbranched alkanes of at least 4 members (excludes halogenated alkanes) is 15. The summed E-state index contributed by atoms with van der Waals surface area (Å²) in [5, 5.41) is 39.8. The summed E-state index contributed by atoms with van der Waals surface area (Å²) < 4.78 is 22.0. The summed E-state index contributed by atoms with van der Waals surface area (Å²) in [6.45, 7) is 3.31. The first-order valence-electron chi connectivity index (χ1n) is 18.9. The Morgan fingerprint density at radius 3 is 1.69 bits per heavy atom. The highest BCUT2D eigenvalue weighted by molar-refractivity contribution is 5.70. The molecule has 2 unspecified atom stereocenters. The van der Waals surface area contributed by atoms with E-state index in [1.54, 1.807) is 0 Å². The number of hydrogen-bond donors (Lipinski definition) is 4. The van der Waals surface area contributed by atoms with Crippen LogP contribution in [0.5, 0.6) is 0 Å². The summed E-state index contributed by atoms with van der Waals surface area (Å²) in [6.07, 6.45) is 21.9. The van der Waals surface area contributed by atoms with Gasteiger partial charge in [-0.1, -0.05) is 102 Å². The molecule has 0 amide bonds. The van der Waals surface area contributed by atoms with Gasteiger partial charge in [-0.2, -0.15) is 0 Å². The van der Waals surface area contributed by atoms with Gasteiger partial charge >= 0.3 is 11.9 Å². The first-order valence-corrected chi connectivity index (χ1v) is 18.9. The number of carbonyl (C=O) groups is 2. The molecule has 4 N–H and O–H groups in total. The van der Waals surface area contributed by atoms with Gasteiger partial charge in [0.05, 0.1) is 13.2 Å². The van der Waals surface area contributed by atoms with Gasteiger partial charge in [-0.3, -0.25) is 9.59 Å². The minimum absolute atomic E-state index is 0.219. The van der Waals surface area contributed by atoms with Crippen molar-refractivity contribution in [3.63, 3.8) is 0 Å². The van der Waals surface area contributed by atoms with Crippen molar-refractivity contribution >= 4 is 11.9 Å². The number of rotatable bonds is 30. The zero-order valence-corrected chi connectivity index (χ0v) is 30.0. The highest BCUT2D eigenvalue weighted by Crippen LogP contribution is 2.22. The van der Waals surface area contributed by atoms with E-state index in [-0.39, 0.29) is 26.1 Å². The largest absolute Gasteiger partial charge is 0.462 e. The van der Waals surface area contributed by atoms with E-state index in [1.807, 2.05) is 0 Å². The normalized spacial score (nSPS) is 22.0. The predicted molar refractivity (Wildman–Crippen MR) is 187 cm³/mol. The Morgan fingerprint density at radius 1 is 0.625 bits per heavy atom. The summed E-state index contributed by atoms with van der Waals surface area (Å²) in [5.74, 6) is -0.831. The van der Waals surface area contributed by atoms with E-state index in [1.165, 1.54) is 32.1 Å². The van der Waals surface area contributed by atoms with Crippen LogP contribution in [0.1, 0.15) is 149 Å². The van der Waals surface area contributed by atoms with Crippen molar-refractivity contribution in [1.82, 2.24) is 0 Å². The second kappa shape index (κ2) is 30.0. The van der Waals surface area contributed by atoms with Crippen molar-refractivity contribution in [2.75, 3.05) is 19.8 Å². The second-order valence-electron chi connectivity index (χ2n) is 13.0. The lowest BCUT2D eigenvalue weighted by molar-refractivity contribution is -0.305. The molecule has 0 bridgehead atoms. The summed E-state index contributed by atoms with van der Waals surface area (Å²) in [7, 11) is 0. The molecule has 0 saturated carbocycles. The standard InChI is InChI=1S/C38H68O10/c1-3-5-7-9-11-13-15-17-19-21-23-25-27-34(41)47-31(30-46-38-37(44)36(43)35(42)32(28-39)48-38)29-45-33(40)26-24-22-20-18-16-14-12-10-8-6-4-2/h10-13,31-32,35-39,42-44H,3-9,14-30H2,1-2H3/b12-10+,13-11+/t31-,32-,35+,36?,37?,38-/m1/s1. The van der Waals surface area contributed by atoms with Crippen LogP contribution in [-0.4, -0.2) is 89.0 Å². The maximum Gasteiger partial charge on any atom is 0.306 e. The lowest BCUT2D eigenvalue weighted by atomic mass is 9.99. The minimum atomic E-state index is -1.59. The molecule has 10 nitrogen and oxygen atoms in total. The van der Waals surface area contributed by atoms with Gasteiger partial charge in [0.15, 0.2) is 12.4 Å². The fraction of sp³-hybridized carbons (Fsp3) is 0.842. The Hall–Kier alpha value is -1.82. The average Bonchev–Trinajstić information content (AvgIpc) is 3.08. The number of aliphatic hydroxyl groups is 4. The first-order chi connectivity index (χ1) is 23.3. The van der Waals surface area contributed by atoms with E-state index < -0.39 is 55.4 Å². The Bertz CT molecular complexity index is 845. The number of ether oxygens (including phenoxy) is 4. The molecule has 1 fully saturated rings. The van der Waals surface area contributed by atoms with Gasteiger partial charge in [-0.25, -0.2) is 0 Å². The molecule has 0 radical (unpaired) electrons. The number of aliphatic hydroxyl groups excluding tert-OH is 4. The molecule has 0 spiro atoms. The monoisotopic (exact) mass is 684 g/mol. The molecule has 1 rings (SSSR count). The maximum absolute atomic E-state index is 12.7. The minimum Gasteiger partial charge on any atom is -0.462 e. The molecular weight excluding hydrogens is 616 g/mol. The van der Waals surface area contributed by atoms with Crippen LogP contribution in [0.3, 0.4) is 0 Å². The van der Waals surface area contributed by atoms with Gasteiger partial charge < -0.3 is 39.4 Å². The van der Waals surface area contributed by atoms with Crippen LogP contribution in [-0.2, 0) is 28.5 Å². The molecule has 0 aromatic heterocycles. The lowest BCUT2D eigenvalue weighted by Gasteiger charge is -2.39. The van der Waals surface area contributed by atoms with Crippen molar-refractivity contribution in [2.24, 2.45) is 0 Å². The van der Waals surface area contributed by atoms with E-state index >= 15 is 0 Å². The highest BCUT2D eigenvalue weighted by atomic mass is 16.7. The third-order valence-electron chi connectivity index (χ3n) is 8.56. The van der Waals surface area contributed by atoms with Crippen LogP contribution < -0.4 is 0 Å². The van der Waals surface area contributed by atoms with Crippen molar-refractivity contribution in [3.8, 4) is 0 Å². The van der Waals surface area contributed by atoms with Crippen molar-refractivity contribution in [1.29, 1.82) is 0 Å². The fourth-order valence-electron chi connectivity index (χ4n) is 5.46. The molecule has 280 valence electrons. The van der Waals surface area contributed by atoms with Crippen LogP contribution in [0.25, 0.3) is 0 Å².